The van der Waals surface area contributed by atoms with Gasteiger partial charge in [-0.3, -0.25) is 4.98 Å². The van der Waals surface area contributed by atoms with Crippen molar-refractivity contribution in [2.24, 2.45) is 0 Å². The first-order valence-electron chi connectivity index (χ1n) is 4.73. The van der Waals surface area contributed by atoms with Gasteiger partial charge in [0.2, 0.25) is 0 Å². The lowest BCUT2D eigenvalue weighted by Crippen LogP contribution is -1.92. The maximum Gasteiger partial charge on any atom is 0.140 e. The predicted molar refractivity (Wildman–Crippen MR) is 70.7 cm³/mol. The average Bonchev–Trinajstić information content (AvgIpc) is 2.36. The number of hydrogen-bond donors (Lipinski definition) is 0. The number of ether oxygens (including phenoxy) is 1. The number of hydrogen-bond acceptors (Lipinski definition) is 3. The number of halogens is 1. The van der Waals surface area contributed by atoms with Crippen LogP contribution in [-0.4, -0.2) is 12.1 Å². The lowest BCUT2D eigenvalue weighted by molar-refractivity contribution is 0.415. The summed E-state index contributed by atoms with van der Waals surface area (Å²) < 4.78 is 4.94. The van der Waals surface area contributed by atoms with Gasteiger partial charge < -0.3 is 4.74 Å². The van der Waals surface area contributed by atoms with Crippen molar-refractivity contribution in [2.75, 3.05) is 7.11 Å². The van der Waals surface area contributed by atoms with Crippen LogP contribution in [0.1, 0.15) is 9.62 Å². The molecule has 0 aliphatic rings. The fourth-order valence-corrected chi connectivity index (χ4v) is 1.80. The van der Waals surface area contributed by atoms with Crippen LogP contribution in [0.2, 0.25) is 0 Å². The Labute approximate surface area is 107 Å². The summed E-state index contributed by atoms with van der Waals surface area (Å²) in [7, 11) is 1.64. The topological polar surface area (TPSA) is 45.9 Å². The van der Waals surface area contributed by atoms with Crippen molar-refractivity contribution >= 4 is 33.5 Å². The van der Waals surface area contributed by atoms with Crippen LogP contribution in [0, 0.1) is 11.3 Å². The molecule has 3 nitrogen and oxygen atoms in total. The number of methoxy groups -OCH3 is 1. The fraction of sp³-hybridized carbons (Fsp3) is 0.167. The molecule has 0 radical (unpaired) electrons. The van der Waals surface area contributed by atoms with Gasteiger partial charge in [-0.25, -0.2) is 0 Å². The third-order valence-electron chi connectivity index (χ3n) is 2.29. The average molecular weight is 324 g/mol. The molecule has 0 bridgehead atoms. The van der Waals surface area contributed by atoms with Gasteiger partial charge in [0.25, 0.3) is 0 Å². The molecule has 1 aromatic heterocycles. The molecule has 1 heterocycles. The van der Waals surface area contributed by atoms with E-state index in [0.29, 0.717) is 0 Å². The standard InChI is InChI=1S/C12H9IN2O/c1-16-9-3-5-11-8(6-9)2-4-12(15-11)10(13)7-14/h2-6,10H,1H3. The molecule has 2 rings (SSSR count). The number of rotatable bonds is 2. The number of fused-ring (bicyclic) bond motifs is 1. The molecule has 4 heteroatoms. The van der Waals surface area contributed by atoms with Gasteiger partial charge in [-0.15, -0.1) is 0 Å². The smallest absolute Gasteiger partial charge is 0.140 e. The normalized spacial score (nSPS) is 12.1. The van der Waals surface area contributed by atoms with E-state index in [1.54, 1.807) is 7.11 Å². The zero-order valence-corrected chi connectivity index (χ0v) is 10.8. The fourth-order valence-electron chi connectivity index (χ4n) is 1.45. The molecule has 0 amide bonds. The minimum atomic E-state index is -0.205. The number of aromatic nitrogens is 1. The third-order valence-corrected chi connectivity index (χ3v) is 3.21. The lowest BCUT2D eigenvalue weighted by atomic mass is 10.2. The molecule has 0 saturated carbocycles. The Balaban J connectivity index is 2.52. The molecule has 0 aliphatic carbocycles. The van der Waals surface area contributed by atoms with E-state index in [4.69, 9.17) is 10.00 Å². The van der Waals surface area contributed by atoms with Crippen LogP contribution in [0.4, 0.5) is 0 Å². The number of alkyl halides is 1. The molecular formula is C12H9IN2O. The number of pyridine rings is 1. The number of nitrogens with zero attached hydrogens (tertiary/aromatic N) is 2. The molecular weight excluding hydrogens is 315 g/mol. The number of benzene rings is 1. The van der Waals surface area contributed by atoms with Gasteiger partial charge in [0.15, 0.2) is 0 Å². The van der Waals surface area contributed by atoms with Gasteiger partial charge in [0, 0.05) is 5.39 Å². The van der Waals surface area contributed by atoms with Crippen molar-refractivity contribution in [3.63, 3.8) is 0 Å². The van der Waals surface area contributed by atoms with E-state index in [9.17, 15) is 0 Å². The summed E-state index contributed by atoms with van der Waals surface area (Å²) in [4.78, 5) is 4.44. The van der Waals surface area contributed by atoms with E-state index in [-0.39, 0.29) is 3.92 Å². The molecule has 80 valence electrons. The van der Waals surface area contributed by atoms with E-state index in [1.165, 1.54) is 0 Å². The van der Waals surface area contributed by atoms with Gasteiger partial charge in [0.05, 0.1) is 24.4 Å². The molecule has 1 atom stereocenters. The first-order chi connectivity index (χ1) is 7.74. The Morgan fingerprint density at radius 2 is 2.19 bits per heavy atom. The Bertz CT molecular complexity index is 562. The summed E-state index contributed by atoms with van der Waals surface area (Å²) in [5.74, 6) is 0.813. The minimum absolute atomic E-state index is 0.205. The van der Waals surface area contributed by atoms with Crippen molar-refractivity contribution in [1.82, 2.24) is 4.98 Å². The summed E-state index contributed by atoms with van der Waals surface area (Å²) in [6.07, 6.45) is 0. The van der Waals surface area contributed by atoms with Crippen LogP contribution in [0.3, 0.4) is 0 Å². The van der Waals surface area contributed by atoms with Crippen molar-refractivity contribution in [3.8, 4) is 11.8 Å². The van der Waals surface area contributed by atoms with Crippen LogP contribution in [0.25, 0.3) is 10.9 Å². The van der Waals surface area contributed by atoms with Crippen molar-refractivity contribution in [3.05, 3.63) is 36.0 Å². The second-order valence-electron chi connectivity index (χ2n) is 3.29. The molecule has 0 N–H and O–H groups in total. The lowest BCUT2D eigenvalue weighted by Gasteiger charge is -2.04. The SMILES string of the molecule is COc1ccc2nc(C(I)C#N)ccc2c1. The molecule has 1 aromatic carbocycles. The highest BCUT2D eigenvalue weighted by atomic mass is 127. The summed E-state index contributed by atoms with van der Waals surface area (Å²) >= 11 is 2.07. The minimum Gasteiger partial charge on any atom is -0.497 e. The second kappa shape index (κ2) is 4.66. The quantitative estimate of drug-likeness (QED) is 0.629. The molecule has 1 unspecified atom stereocenters. The first kappa shape index (κ1) is 11.1. The summed E-state index contributed by atoms with van der Waals surface area (Å²) in [5.41, 5.74) is 1.68. The number of nitriles is 1. The molecule has 0 spiro atoms. The molecule has 0 aliphatic heterocycles. The van der Waals surface area contributed by atoms with Crippen molar-refractivity contribution in [2.45, 2.75) is 3.92 Å². The van der Waals surface area contributed by atoms with Crippen LogP contribution >= 0.6 is 22.6 Å². The van der Waals surface area contributed by atoms with Gasteiger partial charge in [0.1, 0.15) is 9.67 Å². The summed E-state index contributed by atoms with van der Waals surface area (Å²) in [6, 6.07) is 11.7. The monoisotopic (exact) mass is 324 g/mol. The van der Waals surface area contributed by atoms with E-state index in [1.807, 2.05) is 30.3 Å². The van der Waals surface area contributed by atoms with Crippen LogP contribution in [0.5, 0.6) is 5.75 Å². The van der Waals surface area contributed by atoms with E-state index < -0.39 is 0 Å². The highest BCUT2D eigenvalue weighted by molar-refractivity contribution is 14.1. The van der Waals surface area contributed by atoms with Gasteiger partial charge >= 0.3 is 0 Å². The zero-order chi connectivity index (χ0) is 11.5. The zero-order valence-electron chi connectivity index (χ0n) is 8.64. The molecule has 0 fully saturated rings. The summed E-state index contributed by atoms with van der Waals surface area (Å²) in [6.45, 7) is 0. The van der Waals surface area contributed by atoms with Gasteiger partial charge in [-0.2, -0.15) is 5.26 Å². The van der Waals surface area contributed by atoms with Crippen LogP contribution in [-0.2, 0) is 0 Å². The Morgan fingerprint density at radius 1 is 1.38 bits per heavy atom. The Hall–Kier alpha value is -1.35. The molecule has 0 saturated heterocycles. The molecule has 2 aromatic rings. The highest BCUT2D eigenvalue weighted by Crippen LogP contribution is 2.24. The summed E-state index contributed by atoms with van der Waals surface area (Å²) in [5, 5.41) is 9.84. The Kier molecular flexibility index (Phi) is 3.25. The van der Waals surface area contributed by atoms with E-state index >= 15 is 0 Å². The van der Waals surface area contributed by atoms with E-state index in [2.05, 4.69) is 33.6 Å². The van der Waals surface area contributed by atoms with E-state index in [0.717, 1.165) is 22.3 Å². The van der Waals surface area contributed by atoms with Gasteiger partial charge in [-0.1, -0.05) is 28.7 Å². The maximum atomic E-state index is 8.82. The predicted octanol–water partition coefficient (Wildman–Crippen LogP) is 3.24. The van der Waals surface area contributed by atoms with Crippen molar-refractivity contribution in [1.29, 1.82) is 5.26 Å². The highest BCUT2D eigenvalue weighted by Gasteiger charge is 2.07. The van der Waals surface area contributed by atoms with Crippen LogP contribution in [0.15, 0.2) is 30.3 Å². The first-order valence-corrected chi connectivity index (χ1v) is 5.97. The second-order valence-corrected chi connectivity index (χ2v) is 4.53. The third kappa shape index (κ3) is 2.09. The van der Waals surface area contributed by atoms with Crippen LogP contribution < -0.4 is 4.74 Å². The largest absolute Gasteiger partial charge is 0.497 e. The maximum absolute atomic E-state index is 8.82. The van der Waals surface area contributed by atoms with Crippen molar-refractivity contribution < 1.29 is 4.74 Å². The molecule has 16 heavy (non-hydrogen) atoms. The van der Waals surface area contributed by atoms with Gasteiger partial charge in [-0.05, 0) is 24.3 Å². The Morgan fingerprint density at radius 3 is 2.88 bits per heavy atom.